The van der Waals surface area contributed by atoms with Gasteiger partial charge in [-0.3, -0.25) is 9.59 Å². The second-order valence-electron chi connectivity index (χ2n) is 11.7. The summed E-state index contributed by atoms with van der Waals surface area (Å²) in [5.74, 6) is -0.795. The number of carbonyl (C=O) groups excluding carboxylic acids is 2. The van der Waals surface area contributed by atoms with Crippen molar-refractivity contribution in [1.29, 1.82) is 0 Å². The SMILES string of the molecule is Nc1ccccc1NC(=O)CCCCCC(=O)Nc1ccc([C@@H]2O[C@H](CSc3ncccc3C(=O)O)C[C@H](c3ccc(CO)cc3)O2)cc1. The molecule has 49 heavy (non-hydrogen) atoms. The van der Waals surface area contributed by atoms with E-state index in [-0.39, 0.29) is 36.2 Å². The second-order valence-corrected chi connectivity index (χ2v) is 12.7. The number of amides is 2. The van der Waals surface area contributed by atoms with Gasteiger partial charge in [-0.15, -0.1) is 11.8 Å². The van der Waals surface area contributed by atoms with E-state index in [4.69, 9.17) is 15.2 Å². The summed E-state index contributed by atoms with van der Waals surface area (Å²) in [7, 11) is 0. The molecule has 6 N–H and O–H groups in total. The van der Waals surface area contributed by atoms with E-state index in [0.29, 0.717) is 59.9 Å². The highest BCUT2D eigenvalue weighted by molar-refractivity contribution is 7.99. The van der Waals surface area contributed by atoms with Crippen LogP contribution in [-0.2, 0) is 25.7 Å². The van der Waals surface area contributed by atoms with Gasteiger partial charge in [-0.25, -0.2) is 9.78 Å². The minimum Gasteiger partial charge on any atom is -0.478 e. The number of pyridine rings is 1. The number of aromatic nitrogens is 1. The number of thioether (sulfide) groups is 1. The van der Waals surface area contributed by atoms with Crippen LogP contribution in [0.3, 0.4) is 0 Å². The van der Waals surface area contributed by atoms with Crippen molar-refractivity contribution < 1.29 is 34.1 Å². The monoisotopic (exact) mass is 684 g/mol. The van der Waals surface area contributed by atoms with Crippen LogP contribution in [0, 0.1) is 0 Å². The molecule has 1 saturated heterocycles. The molecule has 0 aliphatic carbocycles. The van der Waals surface area contributed by atoms with Crippen LogP contribution in [0.15, 0.2) is 96.2 Å². The average molecular weight is 685 g/mol. The molecule has 256 valence electrons. The normalized spacial score (nSPS) is 17.3. The molecule has 0 saturated carbocycles. The molecule has 1 fully saturated rings. The average Bonchev–Trinajstić information content (AvgIpc) is 3.12. The summed E-state index contributed by atoms with van der Waals surface area (Å²) in [6, 6.07) is 25.1. The zero-order valence-corrected chi connectivity index (χ0v) is 27.7. The molecule has 3 aromatic carbocycles. The molecule has 3 atom stereocenters. The highest BCUT2D eigenvalue weighted by Crippen LogP contribution is 2.39. The molecule has 2 heterocycles. The first-order chi connectivity index (χ1) is 23.8. The number of ether oxygens (including phenoxy) is 2. The number of aliphatic hydroxyl groups is 1. The molecule has 12 heteroatoms. The van der Waals surface area contributed by atoms with Crippen molar-refractivity contribution in [2.75, 3.05) is 22.1 Å². The number of anilines is 3. The van der Waals surface area contributed by atoms with E-state index in [9.17, 15) is 24.6 Å². The first-order valence-corrected chi connectivity index (χ1v) is 17.1. The maximum atomic E-state index is 12.6. The highest BCUT2D eigenvalue weighted by Gasteiger charge is 2.32. The molecule has 0 unspecified atom stereocenters. The Labute approximate surface area is 289 Å². The predicted octanol–water partition coefficient (Wildman–Crippen LogP) is 6.72. The summed E-state index contributed by atoms with van der Waals surface area (Å²) < 4.78 is 12.8. The Bertz CT molecular complexity index is 1720. The fourth-order valence-electron chi connectivity index (χ4n) is 5.38. The van der Waals surface area contributed by atoms with Crippen LogP contribution >= 0.6 is 11.8 Å². The van der Waals surface area contributed by atoms with Gasteiger partial charge in [-0.1, -0.05) is 55.0 Å². The van der Waals surface area contributed by atoms with Crippen molar-refractivity contribution in [1.82, 2.24) is 4.98 Å². The van der Waals surface area contributed by atoms with Gasteiger partial charge in [-0.2, -0.15) is 0 Å². The topological polar surface area (TPSA) is 173 Å². The number of hydrogen-bond donors (Lipinski definition) is 5. The molecule has 5 rings (SSSR count). The van der Waals surface area contributed by atoms with Crippen LogP contribution in [-0.4, -0.2) is 44.8 Å². The minimum atomic E-state index is -1.04. The number of unbranched alkanes of at least 4 members (excludes halogenated alkanes) is 2. The summed E-state index contributed by atoms with van der Waals surface area (Å²) in [5, 5.41) is 25.2. The van der Waals surface area contributed by atoms with Crippen molar-refractivity contribution in [2.45, 2.75) is 68.7 Å². The molecule has 2 amide bonds. The Morgan fingerprint density at radius 2 is 1.53 bits per heavy atom. The lowest BCUT2D eigenvalue weighted by Gasteiger charge is -2.36. The third-order valence-electron chi connectivity index (χ3n) is 8.03. The Hall–Kier alpha value is -4.75. The maximum Gasteiger partial charge on any atom is 0.338 e. The number of carbonyl (C=O) groups is 3. The fourth-order valence-corrected chi connectivity index (χ4v) is 6.39. The summed E-state index contributed by atoms with van der Waals surface area (Å²) in [6.07, 6.45) is 3.56. The number of carboxylic acids is 1. The van der Waals surface area contributed by atoms with Crippen molar-refractivity contribution >= 4 is 46.6 Å². The molecular weight excluding hydrogens is 644 g/mol. The number of nitrogens with zero attached hydrogens (tertiary/aromatic N) is 1. The number of nitrogens with two attached hydrogens (primary N) is 1. The first kappa shape index (κ1) is 35.6. The van der Waals surface area contributed by atoms with Gasteiger partial charge in [0, 0.05) is 42.5 Å². The van der Waals surface area contributed by atoms with Crippen LogP contribution in [0.5, 0.6) is 0 Å². The van der Waals surface area contributed by atoms with E-state index in [2.05, 4.69) is 15.6 Å². The van der Waals surface area contributed by atoms with Gasteiger partial charge in [0.2, 0.25) is 11.8 Å². The van der Waals surface area contributed by atoms with E-state index in [0.717, 1.165) is 23.1 Å². The van der Waals surface area contributed by atoms with Gasteiger partial charge in [-0.05, 0) is 60.4 Å². The van der Waals surface area contributed by atoms with Crippen molar-refractivity contribution in [3.63, 3.8) is 0 Å². The third kappa shape index (κ3) is 10.4. The van der Waals surface area contributed by atoms with Crippen LogP contribution in [0.4, 0.5) is 17.1 Å². The number of para-hydroxylation sites is 2. The number of nitrogen functional groups attached to an aromatic ring is 1. The number of aromatic carboxylic acids is 1. The Kier molecular flexibility index (Phi) is 12.8. The molecule has 1 aromatic heterocycles. The van der Waals surface area contributed by atoms with Gasteiger partial charge < -0.3 is 36.1 Å². The Morgan fingerprint density at radius 3 is 2.22 bits per heavy atom. The summed E-state index contributed by atoms with van der Waals surface area (Å²) in [4.78, 5) is 40.8. The number of hydrogen-bond acceptors (Lipinski definition) is 9. The molecule has 11 nitrogen and oxygen atoms in total. The van der Waals surface area contributed by atoms with E-state index < -0.39 is 12.3 Å². The van der Waals surface area contributed by atoms with Crippen LogP contribution in [0.1, 0.15) is 78.0 Å². The summed E-state index contributed by atoms with van der Waals surface area (Å²) >= 11 is 1.33. The molecule has 1 aliphatic rings. The predicted molar refractivity (Wildman–Crippen MR) is 188 cm³/mol. The van der Waals surface area contributed by atoms with Crippen LogP contribution < -0.4 is 16.4 Å². The number of rotatable bonds is 15. The zero-order valence-electron chi connectivity index (χ0n) is 26.9. The largest absolute Gasteiger partial charge is 0.478 e. The quantitative estimate of drug-likeness (QED) is 0.0514. The lowest BCUT2D eigenvalue weighted by Crippen LogP contribution is -2.31. The number of benzene rings is 3. The summed E-state index contributed by atoms with van der Waals surface area (Å²) in [6.45, 7) is -0.0557. The first-order valence-electron chi connectivity index (χ1n) is 16.1. The van der Waals surface area contributed by atoms with Crippen LogP contribution in [0.25, 0.3) is 0 Å². The van der Waals surface area contributed by atoms with Crippen molar-refractivity contribution in [3.05, 3.63) is 113 Å². The van der Waals surface area contributed by atoms with E-state index in [1.54, 1.807) is 36.5 Å². The van der Waals surface area contributed by atoms with E-state index in [1.165, 1.54) is 17.8 Å². The summed E-state index contributed by atoms with van der Waals surface area (Å²) in [5.41, 5.74) is 10.3. The number of nitrogens with one attached hydrogen (secondary N) is 2. The number of aliphatic hydroxyl groups excluding tert-OH is 1. The van der Waals surface area contributed by atoms with Crippen LogP contribution in [0.2, 0.25) is 0 Å². The number of carboxylic acid groups (broad SMARTS) is 1. The zero-order chi connectivity index (χ0) is 34.6. The van der Waals surface area contributed by atoms with E-state index >= 15 is 0 Å². The second kappa shape index (κ2) is 17.6. The highest BCUT2D eigenvalue weighted by atomic mass is 32.2. The van der Waals surface area contributed by atoms with E-state index in [1.807, 2.05) is 48.5 Å². The van der Waals surface area contributed by atoms with Gasteiger partial charge in [0.1, 0.15) is 5.03 Å². The minimum absolute atomic E-state index is 0.0557. The third-order valence-corrected chi connectivity index (χ3v) is 9.17. The molecular formula is C37H40N4O7S. The fraction of sp³-hybridized carbons (Fsp3) is 0.297. The molecule has 0 radical (unpaired) electrons. The van der Waals surface area contributed by atoms with Crippen molar-refractivity contribution in [2.24, 2.45) is 0 Å². The van der Waals surface area contributed by atoms with Gasteiger partial charge in [0.05, 0.1) is 35.8 Å². The van der Waals surface area contributed by atoms with Gasteiger partial charge >= 0.3 is 5.97 Å². The molecule has 0 bridgehead atoms. The standard InChI is InChI=1S/C37H40N4O7S/c38-30-8-4-5-9-31(30)41-34(44)11-3-1-2-10-33(43)40-27-18-16-26(17-19-27)37-47-28(23-49-35-29(36(45)46)7-6-20-39-35)21-32(48-37)25-14-12-24(22-42)13-15-25/h4-9,12-20,28,32,37,42H,1-3,10-11,21-23,38H2,(H,40,43)(H,41,44)(H,45,46)/t28-,32+,37+/m0/s1. The molecule has 0 spiro atoms. The Balaban J connectivity index is 1.14. The smallest absolute Gasteiger partial charge is 0.338 e. The van der Waals surface area contributed by atoms with Crippen molar-refractivity contribution in [3.8, 4) is 0 Å². The Morgan fingerprint density at radius 1 is 0.837 bits per heavy atom. The molecule has 1 aliphatic heterocycles. The molecule has 4 aromatic rings. The lowest BCUT2D eigenvalue weighted by atomic mass is 10.0. The van der Waals surface area contributed by atoms with Gasteiger partial charge in [0.25, 0.3) is 0 Å². The lowest BCUT2D eigenvalue weighted by molar-refractivity contribution is -0.245. The maximum absolute atomic E-state index is 12.6. The van der Waals surface area contributed by atoms with Gasteiger partial charge in [0.15, 0.2) is 6.29 Å².